The van der Waals surface area contributed by atoms with Gasteiger partial charge in [0.1, 0.15) is 5.82 Å². The smallest absolute Gasteiger partial charge is 0.126 e. The minimum absolute atomic E-state index is 0.133. The molecule has 0 fully saturated rings. The average molecular weight is 201 g/mol. The van der Waals surface area contributed by atoms with Gasteiger partial charge in [-0.25, -0.2) is 4.39 Å². The zero-order valence-electron chi connectivity index (χ0n) is 7.98. The van der Waals surface area contributed by atoms with Gasteiger partial charge < -0.3 is 0 Å². The van der Waals surface area contributed by atoms with Crippen molar-refractivity contribution in [3.8, 4) is 0 Å². The lowest BCUT2D eigenvalue weighted by Crippen LogP contribution is -2.01. The molecular weight excluding hydrogens is 187 g/mol. The zero-order valence-corrected chi connectivity index (χ0v) is 8.74. The first-order valence-corrected chi connectivity index (χ1v) is 5.00. The summed E-state index contributed by atoms with van der Waals surface area (Å²) in [7, 11) is 0. The number of alkyl halides is 1. The highest BCUT2D eigenvalue weighted by atomic mass is 35.5. The highest BCUT2D eigenvalue weighted by Gasteiger charge is 2.08. The van der Waals surface area contributed by atoms with E-state index in [2.05, 4.69) is 13.8 Å². The zero-order chi connectivity index (χ0) is 9.84. The Morgan fingerprint density at radius 3 is 2.62 bits per heavy atom. The van der Waals surface area contributed by atoms with Crippen LogP contribution in [0.15, 0.2) is 18.2 Å². The van der Waals surface area contributed by atoms with E-state index in [4.69, 9.17) is 11.6 Å². The van der Waals surface area contributed by atoms with Gasteiger partial charge in [0.25, 0.3) is 0 Å². The van der Waals surface area contributed by atoms with Gasteiger partial charge in [-0.3, -0.25) is 0 Å². The molecule has 0 saturated carbocycles. The molecule has 0 spiro atoms. The van der Waals surface area contributed by atoms with Crippen LogP contribution in [0.1, 0.15) is 25.0 Å². The number of hydrogen-bond donors (Lipinski definition) is 0. The van der Waals surface area contributed by atoms with Crippen molar-refractivity contribution in [1.29, 1.82) is 0 Å². The van der Waals surface area contributed by atoms with Gasteiger partial charge in [0.15, 0.2) is 0 Å². The third-order valence-electron chi connectivity index (χ3n) is 1.97. The van der Waals surface area contributed by atoms with Crippen LogP contribution in [0.2, 0.25) is 0 Å². The van der Waals surface area contributed by atoms with E-state index >= 15 is 0 Å². The van der Waals surface area contributed by atoms with Gasteiger partial charge in [-0.1, -0.05) is 26.0 Å². The lowest BCUT2D eigenvalue weighted by molar-refractivity contribution is 0.571. The van der Waals surface area contributed by atoms with Crippen LogP contribution in [0.4, 0.5) is 4.39 Å². The van der Waals surface area contributed by atoms with E-state index in [1.54, 1.807) is 6.07 Å². The van der Waals surface area contributed by atoms with Gasteiger partial charge in [0.05, 0.1) is 0 Å². The van der Waals surface area contributed by atoms with E-state index in [1.807, 2.05) is 6.07 Å². The molecule has 0 saturated heterocycles. The van der Waals surface area contributed by atoms with E-state index in [-0.39, 0.29) is 5.82 Å². The van der Waals surface area contributed by atoms with Crippen molar-refractivity contribution in [2.45, 2.75) is 26.1 Å². The molecule has 0 N–H and O–H groups in total. The van der Waals surface area contributed by atoms with Crippen LogP contribution in [0.3, 0.4) is 0 Å². The summed E-state index contributed by atoms with van der Waals surface area (Å²) in [6, 6.07) is 5.08. The van der Waals surface area contributed by atoms with Crippen LogP contribution < -0.4 is 0 Å². The van der Waals surface area contributed by atoms with Crippen LogP contribution in [0.25, 0.3) is 0 Å². The Hall–Kier alpha value is -0.560. The minimum Gasteiger partial charge on any atom is -0.207 e. The van der Waals surface area contributed by atoms with Gasteiger partial charge in [-0.2, -0.15) is 0 Å². The van der Waals surface area contributed by atoms with Crippen molar-refractivity contribution in [2.24, 2.45) is 5.92 Å². The van der Waals surface area contributed by atoms with Crippen molar-refractivity contribution in [3.63, 3.8) is 0 Å². The Morgan fingerprint density at radius 1 is 1.38 bits per heavy atom. The quantitative estimate of drug-likeness (QED) is 0.652. The van der Waals surface area contributed by atoms with Crippen LogP contribution in [0, 0.1) is 11.7 Å². The third kappa shape index (κ3) is 2.70. The highest BCUT2D eigenvalue weighted by Crippen LogP contribution is 2.19. The first kappa shape index (κ1) is 10.5. The predicted octanol–water partition coefficient (Wildman–Crippen LogP) is 3.76. The number of halogens is 2. The fourth-order valence-electron chi connectivity index (χ4n) is 1.37. The molecule has 72 valence electrons. The Labute approximate surface area is 83.7 Å². The maximum Gasteiger partial charge on any atom is 0.126 e. The number of hydrogen-bond acceptors (Lipinski definition) is 0. The van der Waals surface area contributed by atoms with Crippen LogP contribution in [-0.4, -0.2) is 0 Å². The molecule has 0 bridgehead atoms. The molecule has 1 aromatic carbocycles. The van der Waals surface area contributed by atoms with E-state index in [9.17, 15) is 4.39 Å². The second-order valence-electron chi connectivity index (χ2n) is 3.61. The maximum absolute atomic E-state index is 13.3. The average Bonchev–Trinajstić information content (AvgIpc) is 2.08. The second kappa shape index (κ2) is 4.61. The molecule has 0 aliphatic carbocycles. The van der Waals surface area contributed by atoms with Gasteiger partial charge in [-0.05, 0) is 29.5 Å². The molecule has 0 aliphatic heterocycles. The monoisotopic (exact) mass is 200 g/mol. The standard InChI is InChI=1S/C11H14ClF/c1-8(2)6-10-9(7-12)4-3-5-11(10)13/h3-5,8H,6-7H2,1-2H3. The largest absolute Gasteiger partial charge is 0.207 e. The SMILES string of the molecule is CC(C)Cc1c(F)cccc1CCl. The third-order valence-corrected chi connectivity index (χ3v) is 2.26. The van der Waals surface area contributed by atoms with Gasteiger partial charge >= 0.3 is 0 Å². The van der Waals surface area contributed by atoms with Crippen molar-refractivity contribution in [3.05, 3.63) is 35.1 Å². The molecule has 2 heteroatoms. The fourth-order valence-corrected chi connectivity index (χ4v) is 1.62. The topological polar surface area (TPSA) is 0 Å². The molecule has 0 aromatic heterocycles. The molecule has 0 radical (unpaired) electrons. The van der Waals surface area contributed by atoms with Crippen LogP contribution in [-0.2, 0) is 12.3 Å². The van der Waals surface area contributed by atoms with E-state index < -0.39 is 0 Å². The Balaban J connectivity index is 3.00. The molecule has 0 atom stereocenters. The summed E-state index contributed by atoms with van der Waals surface area (Å²) < 4.78 is 13.3. The van der Waals surface area contributed by atoms with E-state index in [0.717, 1.165) is 17.5 Å². The number of benzene rings is 1. The van der Waals surface area contributed by atoms with Crippen molar-refractivity contribution < 1.29 is 4.39 Å². The summed E-state index contributed by atoms with van der Waals surface area (Å²) in [6.07, 6.45) is 0.759. The fraction of sp³-hybridized carbons (Fsp3) is 0.455. The highest BCUT2D eigenvalue weighted by molar-refractivity contribution is 6.17. The molecule has 0 unspecified atom stereocenters. The lowest BCUT2D eigenvalue weighted by atomic mass is 9.98. The first-order chi connectivity index (χ1) is 6.15. The summed E-state index contributed by atoms with van der Waals surface area (Å²) in [5.41, 5.74) is 1.68. The molecule has 0 nitrogen and oxygen atoms in total. The number of rotatable bonds is 3. The van der Waals surface area contributed by atoms with Gasteiger partial charge in [0, 0.05) is 5.88 Å². The second-order valence-corrected chi connectivity index (χ2v) is 3.88. The van der Waals surface area contributed by atoms with E-state index in [0.29, 0.717) is 11.8 Å². The van der Waals surface area contributed by atoms with E-state index in [1.165, 1.54) is 6.07 Å². The summed E-state index contributed by atoms with van der Waals surface area (Å²) in [4.78, 5) is 0. The molecule has 13 heavy (non-hydrogen) atoms. The summed E-state index contributed by atoms with van der Waals surface area (Å²) in [5, 5.41) is 0. The van der Waals surface area contributed by atoms with Gasteiger partial charge in [0.2, 0.25) is 0 Å². The van der Waals surface area contributed by atoms with Crippen molar-refractivity contribution in [2.75, 3.05) is 0 Å². The lowest BCUT2D eigenvalue weighted by Gasteiger charge is -2.10. The summed E-state index contributed by atoms with van der Waals surface area (Å²) in [6.45, 7) is 4.15. The van der Waals surface area contributed by atoms with Crippen LogP contribution in [0.5, 0.6) is 0 Å². The minimum atomic E-state index is -0.133. The molecule has 1 aromatic rings. The molecule has 1 rings (SSSR count). The van der Waals surface area contributed by atoms with Crippen LogP contribution >= 0.6 is 11.6 Å². The van der Waals surface area contributed by atoms with Gasteiger partial charge in [-0.15, -0.1) is 11.6 Å². The normalized spacial score (nSPS) is 10.8. The Morgan fingerprint density at radius 2 is 2.08 bits per heavy atom. The Bertz CT molecular complexity index is 281. The summed E-state index contributed by atoms with van der Waals surface area (Å²) >= 11 is 5.72. The van der Waals surface area contributed by atoms with Crippen molar-refractivity contribution in [1.82, 2.24) is 0 Å². The summed E-state index contributed by atoms with van der Waals surface area (Å²) in [5.74, 6) is 0.713. The maximum atomic E-state index is 13.3. The Kier molecular flexibility index (Phi) is 3.73. The molecule has 0 aliphatic rings. The predicted molar refractivity (Wildman–Crippen MR) is 54.5 cm³/mol. The molecule has 0 heterocycles. The molecule has 0 amide bonds. The van der Waals surface area contributed by atoms with Crippen molar-refractivity contribution >= 4 is 11.6 Å². The molecular formula is C11H14ClF. The first-order valence-electron chi connectivity index (χ1n) is 4.47.